The van der Waals surface area contributed by atoms with E-state index < -0.39 is 4.92 Å². The quantitative estimate of drug-likeness (QED) is 0.236. The highest BCUT2D eigenvalue weighted by Crippen LogP contribution is 2.30. The average molecular weight is 476 g/mol. The third-order valence-corrected chi connectivity index (χ3v) is 5.09. The lowest BCUT2D eigenvalue weighted by molar-refractivity contribution is -0.384. The molecule has 0 bridgehead atoms. The van der Waals surface area contributed by atoms with Gasteiger partial charge in [-0.2, -0.15) is 0 Å². The van der Waals surface area contributed by atoms with Gasteiger partial charge in [0, 0.05) is 30.4 Å². The van der Waals surface area contributed by atoms with Crippen molar-refractivity contribution in [2.45, 2.75) is 26.7 Å². The maximum atomic E-state index is 12.3. The summed E-state index contributed by atoms with van der Waals surface area (Å²) in [4.78, 5) is 25.1. The van der Waals surface area contributed by atoms with Crippen LogP contribution in [0.3, 0.4) is 0 Å². The van der Waals surface area contributed by atoms with Gasteiger partial charge in [-0.15, -0.1) is 0 Å². The molecule has 2 rings (SSSR count). The molecule has 9 heteroatoms. The second kappa shape index (κ2) is 13.4. The summed E-state index contributed by atoms with van der Waals surface area (Å²) in [6.07, 6.45) is 4.95. The number of carbonyl (C=O) groups excluding carboxylic acids is 1. The van der Waals surface area contributed by atoms with Crippen molar-refractivity contribution in [3.63, 3.8) is 0 Å². The molecule has 0 aliphatic carbocycles. The van der Waals surface area contributed by atoms with E-state index in [-0.39, 0.29) is 16.6 Å². The Labute approximate surface area is 199 Å². The number of halogens is 1. The lowest BCUT2D eigenvalue weighted by Crippen LogP contribution is -2.30. The molecule has 0 aliphatic rings. The normalized spacial score (nSPS) is 11.1. The van der Waals surface area contributed by atoms with E-state index >= 15 is 0 Å². The first-order valence-electron chi connectivity index (χ1n) is 10.8. The van der Waals surface area contributed by atoms with Crippen molar-refractivity contribution in [1.82, 2.24) is 4.90 Å². The summed E-state index contributed by atoms with van der Waals surface area (Å²) in [6, 6.07) is 9.48. The second-order valence-electron chi connectivity index (χ2n) is 7.35. The average Bonchev–Trinajstić information content (AvgIpc) is 2.79. The highest BCUT2D eigenvalue weighted by atomic mass is 35.5. The summed E-state index contributed by atoms with van der Waals surface area (Å²) < 4.78 is 11.3. The minimum absolute atomic E-state index is 0.0415. The van der Waals surface area contributed by atoms with E-state index in [4.69, 9.17) is 21.1 Å². The fourth-order valence-electron chi connectivity index (χ4n) is 3.25. The number of rotatable bonds is 13. The fourth-order valence-corrected chi connectivity index (χ4v) is 3.44. The monoisotopic (exact) mass is 475 g/mol. The number of methoxy groups -OCH3 is 1. The Kier molecular flexibility index (Phi) is 10.7. The van der Waals surface area contributed by atoms with Crippen molar-refractivity contribution in [3.8, 4) is 11.5 Å². The Hall–Kier alpha value is -3.10. The number of nitrogens with one attached hydrogen (secondary N) is 1. The van der Waals surface area contributed by atoms with Gasteiger partial charge in [-0.1, -0.05) is 31.5 Å². The van der Waals surface area contributed by atoms with Gasteiger partial charge < -0.3 is 14.8 Å². The van der Waals surface area contributed by atoms with E-state index in [1.807, 2.05) is 0 Å². The molecule has 8 nitrogen and oxygen atoms in total. The molecule has 0 heterocycles. The van der Waals surface area contributed by atoms with Crippen LogP contribution in [0.25, 0.3) is 6.08 Å². The van der Waals surface area contributed by atoms with Crippen LogP contribution in [0.2, 0.25) is 5.02 Å². The van der Waals surface area contributed by atoms with E-state index in [0.717, 1.165) is 32.5 Å². The number of ether oxygens (including phenoxy) is 2. The molecule has 2 aromatic carbocycles. The molecule has 0 aromatic heterocycles. The number of nitrogens with zero attached hydrogens (tertiary/aromatic N) is 2. The van der Waals surface area contributed by atoms with Crippen molar-refractivity contribution in [1.29, 1.82) is 0 Å². The molecule has 0 radical (unpaired) electrons. The summed E-state index contributed by atoms with van der Waals surface area (Å²) in [5.74, 6) is 0.732. The first kappa shape index (κ1) is 26.2. The van der Waals surface area contributed by atoms with Crippen molar-refractivity contribution in [2.75, 3.05) is 38.7 Å². The maximum absolute atomic E-state index is 12.3. The van der Waals surface area contributed by atoms with Gasteiger partial charge in [0.15, 0.2) is 11.5 Å². The summed E-state index contributed by atoms with van der Waals surface area (Å²) >= 11 is 5.82. The molecule has 0 saturated carbocycles. The van der Waals surface area contributed by atoms with E-state index in [9.17, 15) is 14.9 Å². The standard InChI is InChI=1S/C24H30ClN3O5/c1-4-12-27(13-5-2)14-15-33-23-17-19(8-10-22(23)32-3)26-24(29)11-7-18-6-9-20(25)21(16-18)28(30)31/h6-11,16-17H,4-5,12-15H2,1-3H3,(H,26,29). The minimum atomic E-state index is -0.567. The van der Waals surface area contributed by atoms with Gasteiger partial charge in [-0.25, -0.2) is 0 Å². The Morgan fingerprint density at radius 3 is 2.48 bits per heavy atom. The maximum Gasteiger partial charge on any atom is 0.288 e. The molecule has 33 heavy (non-hydrogen) atoms. The predicted octanol–water partition coefficient (Wildman–Crippen LogP) is 5.41. The number of benzene rings is 2. The van der Waals surface area contributed by atoms with Gasteiger partial charge >= 0.3 is 0 Å². The highest BCUT2D eigenvalue weighted by molar-refractivity contribution is 6.32. The molecule has 0 atom stereocenters. The van der Waals surface area contributed by atoms with Crippen molar-refractivity contribution < 1.29 is 19.2 Å². The zero-order valence-corrected chi connectivity index (χ0v) is 19.9. The molecule has 0 spiro atoms. The van der Waals surface area contributed by atoms with E-state index in [1.54, 1.807) is 31.4 Å². The number of nitro groups is 1. The van der Waals surface area contributed by atoms with Gasteiger partial charge in [0.2, 0.25) is 5.91 Å². The van der Waals surface area contributed by atoms with Gasteiger partial charge in [-0.3, -0.25) is 19.8 Å². The fraction of sp³-hybridized carbons (Fsp3) is 0.375. The lowest BCUT2D eigenvalue weighted by atomic mass is 10.2. The molecule has 178 valence electrons. The third kappa shape index (κ3) is 8.40. The Balaban J connectivity index is 2.02. The number of hydrogen-bond acceptors (Lipinski definition) is 6. The summed E-state index contributed by atoms with van der Waals surface area (Å²) in [6.45, 7) is 7.66. The number of hydrogen-bond donors (Lipinski definition) is 1. The van der Waals surface area contributed by atoms with Gasteiger partial charge in [-0.05, 0) is 55.8 Å². The largest absolute Gasteiger partial charge is 0.493 e. The first-order valence-corrected chi connectivity index (χ1v) is 11.2. The van der Waals surface area contributed by atoms with Crippen LogP contribution in [0.15, 0.2) is 42.5 Å². The summed E-state index contributed by atoms with van der Waals surface area (Å²) in [5, 5.41) is 13.8. The van der Waals surface area contributed by atoms with Gasteiger partial charge in [0.25, 0.3) is 5.69 Å². The molecule has 0 unspecified atom stereocenters. The zero-order chi connectivity index (χ0) is 24.2. The summed E-state index contributed by atoms with van der Waals surface area (Å²) in [7, 11) is 1.56. The van der Waals surface area contributed by atoms with Crippen LogP contribution in [-0.4, -0.2) is 49.1 Å². The van der Waals surface area contributed by atoms with Crippen molar-refractivity contribution in [2.24, 2.45) is 0 Å². The van der Waals surface area contributed by atoms with Crippen LogP contribution in [0.4, 0.5) is 11.4 Å². The van der Waals surface area contributed by atoms with Crippen molar-refractivity contribution >= 4 is 35.0 Å². The van der Waals surface area contributed by atoms with Crippen molar-refractivity contribution in [3.05, 3.63) is 63.2 Å². The molecule has 2 aromatic rings. The van der Waals surface area contributed by atoms with Crippen LogP contribution >= 0.6 is 11.6 Å². The first-order chi connectivity index (χ1) is 15.9. The molecule has 1 amide bonds. The number of nitro benzene ring substituents is 1. The Morgan fingerprint density at radius 2 is 1.85 bits per heavy atom. The van der Waals surface area contributed by atoms with E-state index in [2.05, 4.69) is 24.1 Å². The molecule has 1 N–H and O–H groups in total. The highest BCUT2D eigenvalue weighted by Gasteiger charge is 2.12. The molecule has 0 fully saturated rings. The van der Waals surface area contributed by atoms with E-state index in [1.165, 1.54) is 24.3 Å². The third-order valence-electron chi connectivity index (χ3n) is 4.77. The smallest absolute Gasteiger partial charge is 0.288 e. The summed E-state index contributed by atoms with van der Waals surface area (Å²) in [5.41, 5.74) is 0.817. The lowest BCUT2D eigenvalue weighted by Gasteiger charge is -2.21. The number of carbonyl (C=O) groups is 1. The minimum Gasteiger partial charge on any atom is -0.493 e. The molecular weight excluding hydrogens is 446 g/mol. The predicted molar refractivity (Wildman–Crippen MR) is 131 cm³/mol. The topological polar surface area (TPSA) is 93.9 Å². The van der Waals surface area contributed by atoms with Crippen LogP contribution in [-0.2, 0) is 4.79 Å². The number of anilines is 1. The van der Waals surface area contributed by atoms with Gasteiger partial charge in [0.1, 0.15) is 11.6 Å². The second-order valence-corrected chi connectivity index (χ2v) is 7.75. The zero-order valence-electron chi connectivity index (χ0n) is 19.2. The molecular formula is C24H30ClN3O5. The van der Waals surface area contributed by atoms with Gasteiger partial charge in [0.05, 0.1) is 12.0 Å². The van der Waals surface area contributed by atoms with Crippen LogP contribution in [0.5, 0.6) is 11.5 Å². The van der Waals surface area contributed by atoms with E-state index in [0.29, 0.717) is 29.4 Å². The van der Waals surface area contributed by atoms with Crippen LogP contribution < -0.4 is 14.8 Å². The number of amides is 1. The molecule has 0 saturated heterocycles. The van der Waals surface area contributed by atoms with Crippen LogP contribution in [0, 0.1) is 10.1 Å². The SMILES string of the molecule is CCCN(CCC)CCOc1cc(NC(=O)C=Cc2ccc(Cl)c([N+](=O)[O-])c2)ccc1OC. The molecule has 0 aliphatic heterocycles. The van der Waals surface area contributed by atoms with Crippen LogP contribution in [0.1, 0.15) is 32.3 Å². The Morgan fingerprint density at radius 1 is 1.12 bits per heavy atom. The Bertz CT molecular complexity index is 975.